The highest BCUT2D eigenvalue weighted by Gasteiger charge is 2.58. The average Bonchev–Trinajstić information content (AvgIpc) is 1.62. The molecule has 646 valence electrons. The number of carbonyl (C=O) groups is 8. The molecule has 7 aromatic rings. The maximum atomic E-state index is 13.5. The van der Waals surface area contributed by atoms with E-state index in [2.05, 4.69) is 58.7 Å². The van der Waals surface area contributed by atoms with E-state index in [1.165, 1.54) is 57.9 Å². The summed E-state index contributed by atoms with van der Waals surface area (Å²) in [5, 5.41) is 49.1. The van der Waals surface area contributed by atoms with Crippen LogP contribution in [0.4, 0.5) is 0 Å². The van der Waals surface area contributed by atoms with Crippen LogP contribution in [0.3, 0.4) is 0 Å². The molecule has 0 radical (unpaired) electrons. The van der Waals surface area contributed by atoms with Crippen LogP contribution in [-0.4, -0.2) is 279 Å². The highest BCUT2D eigenvalue weighted by Crippen LogP contribution is 2.48. The highest BCUT2D eigenvalue weighted by atomic mass is 79.9. The van der Waals surface area contributed by atoms with Crippen molar-refractivity contribution in [1.82, 2.24) is 64.5 Å². The summed E-state index contributed by atoms with van der Waals surface area (Å²) >= 11 is 3.40. The molecule has 9 heterocycles. The predicted molar refractivity (Wildman–Crippen MR) is 442 cm³/mol. The summed E-state index contributed by atoms with van der Waals surface area (Å²) in [7, 11) is -11.4. The minimum absolute atomic E-state index is 0.0674. The molecule has 3 aromatic carbocycles. The normalized spacial score (nSPS) is 17.9. The van der Waals surface area contributed by atoms with Gasteiger partial charge in [-0.05, 0) is 163 Å². The minimum Gasteiger partial charge on any atom is -0.497 e. The largest absolute Gasteiger partial charge is 0.497 e. The van der Waals surface area contributed by atoms with Gasteiger partial charge >= 0.3 is 17.9 Å². The number of alkyl halides is 1. The SMILES string of the molecule is CCOC(=O)c1[nH]nc2c1CCN(CC1(S(C)(=O)=O)CC1)C2=O.CCOC(=O)c1nn(Cc2ccc(OC)cc2)c2c1CCN(CC1(S(C)(=O)=O)CC1)C2=O.CS(=O)(=O)C1(CN2CCc3c(n[nH]c3C(=O)O)C2=O)CC1.CS(=O)(=O)C1(CN2CCc3c(nn4c3C(=O)N(Cc3ccc(C#N)cc3)CC4)C2=O)CC1.N#Cc1ccc(CCCCBr)cc1. The number of halogens is 1. The molecule has 9 aliphatic rings. The Morgan fingerprint density at radius 1 is 0.479 bits per heavy atom. The van der Waals surface area contributed by atoms with Gasteiger partial charge in [-0.1, -0.05) is 52.3 Å². The van der Waals surface area contributed by atoms with E-state index in [9.17, 15) is 72.0 Å². The van der Waals surface area contributed by atoms with E-state index in [0.717, 1.165) is 28.4 Å². The molecule has 0 unspecified atom stereocenters. The van der Waals surface area contributed by atoms with Gasteiger partial charge in [-0.3, -0.25) is 43.5 Å². The smallest absolute Gasteiger partial charge is 0.359 e. The number of esters is 2. The molecule has 3 N–H and O–H groups in total. The number of hydrogen-bond donors (Lipinski definition) is 3. The van der Waals surface area contributed by atoms with E-state index in [-0.39, 0.29) is 104 Å². The van der Waals surface area contributed by atoms with Crippen molar-refractivity contribution in [2.24, 2.45) is 0 Å². The third-order valence-electron chi connectivity index (χ3n) is 23.7. The first-order valence-electron chi connectivity index (χ1n) is 39.6. The zero-order valence-electron chi connectivity index (χ0n) is 68.2. The molecule has 35 nitrogen and oxygen atoms in total. The fourth-order valence-electron chi connectivity index (χ4n) is 15.6. The molecule has 4 aromatic heterocycles. The molecule has 5 aliphatic heterocycles. The van der Waals surface area contributed by atoms with E-state index in [4.69, 9.17) is 29.8 Å². The first-order valence-corrected chi connectivity index (χ1v) is 48.3. The van der Waals surface area contributed by atoms with E-state index in [0.29, 0.717) is 168 Å². The average molecular weight is 1810 g/mol. The van der Waals surface area contributed by atoms with Crippen molar-refractivity contribution < 1.29 is 91.3 Å². The Hall–Kier alpha value is -10.7. The fourth-order valence-corrected chi connectivity index (χ4v) is 20.9. The van der Waals surface area contributed by atoms with Crippen LogP contribution in [0, 0.1) is 22.7 Å². The van der Waals surface area contributed by atoms with Gasteiger partial charge in [0.05, 0.1) is 75.7 Å². The molecule has 5 amide bonds. The molecular weight excluding hydrogens is 1710 g/mol. The van der Waals surface area contributed by atoms with Gasteiger partial charge in [0, 0.05) is 118 Å². The molecule has 0 bridgehead atoms. The Kier molecular flexibility index (Phi) is 26.5. The lowest BCUT2D eigenvalue weighted by Gasteiger charge is -2.30. The molecule has 40 heteroatoms. The molecule has 16 rings (SSSR count). The van der Waals surface area contributed by atoms with Gasteiger partial charge in [0.25, 0.3) is 29.5 Å². The lowest BCUT2D eigenvalue weighted by molar-refractivity contribution is 0.0507. The topological polar surface area (TPSA) is 478 Å². The number of ether oxygens (including phenoxy) is 3. The Morgan fingerprint density at radius 3 is 1.31 bits per heavy atom. The number of aromatic carboxylic acids is 1. The number of unbranched alkanes of at least 4 members (excludes halogenated alkanes) is 1. The summed E-state index contributed by atoms with van der Waals surface area (Å²) in [6.07, 6.45) is 14.6. The lowest BCUT2D eigenvalue weighted by Crippen LogP contribution is -2.46. The van der Waals surface area contributed by atoms with Crippen LogP contribution in [0.1, 0.15) is 212 Å². The van der Waals surface area contributed by atoms with Crippen molar-refractivity contribution in [2.75, 3.05) is 110 Å². The maximum absolute atomic E-state index is 13.5. The third-order valence-corrected chi connectivity index (χ3v) is 32.7. The van der Waals surface area contributed by atoms with Crippen molar-refractivity contribution in [3.8, 4) is 17.9 Å². The Balaban J connectivity index is 0.000000142. The van der Waals surface area contributed by atoms with Crippen LogP contribution in [0.15, 0.2) is 72.8 Å². The number of H-pyrrole nitrogens is 2. The van der Waals surface area contributed by atoms with Gasteiger partial charge in [-0.2, -0.15) is 30.9 Å². The molecule has 0 atom stereocenters. The number of amides is 5. The Labute approximate surface area is 709 Å². The number of fused-ring (bicyclic) bond motifs is 6. The Morgan fingerprint density at radius 2 is 0.876 bits per heavy atom. The van der Waals surface area contributed by atoms with Crippen LogP contribution in [-0.2, 0) is 101 Å². The summed E-state index contributed by atoms with van der Waals surface area (Å²) in [5.74, 6) is -3.05. The highest BCUT2D eigenvalue weighted by molar-refractivity contribution is 9.09. The number of nitriles is 2. The number of nitrogens with zero attached hydrogens (tertiary/aromatic N) is 13. The third kappa shape index (κ3) is 19.3. The summed E-state index contributed by atoms with van der Waals surface area (Å²) in [4.78, 5) is 108. The molecule has 4 saturated carbocycles. The van der Waals surface area contributed by atoms with Crippen molar-refractivity contribution in [2.45, 2.75) is 149 Å². The number of aromatic amines is 2. The predicted octanol–water partition coefficient (Wildman–Crippen LogP) is 5.80. The number of aryl methyl sites for hydroxylation is 1. The second-order valence-electron chi connectivity index (χ2n) is 31.9. The molecule has 0 spiro atoms. The fraction of sp³-hybridized carbons (Fsp3) is 0.506. The molecule has 121 heavy (non-hydrogen) atoms. The number of carboxylic acid groups (broad SMARTS) is 1. The second kappa shape index (κ2) is 35.8. The number of methoxy groups -OCH3 is 1. The minimum atomic E-state index is -3.27. The number of hydrogen-bond acceptors (Lipinski definition) is 25. The van der Waals surface area contributed by atoms with Crippen LogP contribution in [0.5, 0.6) is 5.75 Å². The number of aromatic nitrogens is 8. The number of sulfone groups is 4. The van der Waals surface area contributed by atoms with E-state index in [1.807, 2.05) is 60.7 Å². The summed E-state index contributed by atoms with van der Waals surface area (Å²) < 4.78 is 111. The van der Waals surface area contributed by atoms with E-state index < -0.39 is 82.2 Å². The summed E-state index contributed by atoms with van der Waals surface area (Å²) in [5.41, 5.74) is 8.19. The van der Waals surface area contributed by atoms with Crippen molar-refractivity contribution in [3.63, 3.8) is 0 Å². The van der Waals surface area contributed by atoms with Crippen molar-refractivity contribution in [3.05, 3.63) is 168 Å². The van der Waals surface area contributed by atoms with Crippen molar-refractivity contribution in [1.29, 1.82) is 10.5 Å². The van der Waals surface area contributed by atoms with E-state index in [1.54, 1.807) is 52.5 Å². The van der Waals surface area contributed by atoms with Crippen LogP contribution < -0.4 is 4.74 Å². The maximum Gasteiger partial charge on any atom is 0.359 e. The Bertz CT molecular complexity index is 5780. The number of nitrogens with one attached hydrogen (secondary N) is 2. The quantitative estimate of drug-likeness (QED) is 0.0327. The zero-order chi connectivity index (χ0) is 87.5. The van der Waals surface area contributed by atoms with E-state index >= 15 is 0 Å². The lowest BCUT2D eigenvalue weighted by atomic mass is 10.0. The first-order chi connectivity index (χ1) is 57.3. The summed E-state index contributed by atoms with van der Waals surface area (Å²) in [6.45, 7) is 7.60. The van der Waals surface area contributed by atoms with Crippen molar-refractivity contribution >= 4 is 103 Å². The molecule has 0 saturated heterocycles. The van der Waals surface area contributed by atoms with Gasteiger partial charge in [0.2, 0.25) is 0 Å². The molecular formula is C81H96BrN15O20S4. The monoisotopic (exact) mass is 1810 g/mol. The number of carbonyl (C=O) groups excluding carboxylic acids is 7. The van der Waals surface area contributed by atoms with Gasteiger partial charge in [-0.25, -0.2) is 48.1 Å². The first kappa shape index (κ1) is 89.6. The molecule has 4 fully saturated rings. The van der Waals surface area contributed by atoms with Crippen LogP contribution in [0.2, 0.25) is 0 Å². The van der Waals surface area contributed by atoms with Gasteiger partial charge in [0.15, 0.2) is 62.1 Å². The van der Waals surface area contributed by atoms with Gasteiger partial charge in [0.1, 0.15) is 28.5 Å². The van der Waals surface area contributed by atoms with Gasteiger partial charge in [-0.15, -0.1) is 0 Å². The number of carboxylic acids is 1. The summed E-state index contributed by atoms with van der Waals surface area (Å²) in [6, 6.07) is 26.5. The number of benzene rings is 3. The zero-order valence-corrected chi connectivity index (χ0v) is 73.0. The number of rotatable bonds is 26. The van der Waals surface area contributed by atoms with Crippen LogP contribution in [0.25, 0.3) is 0 Å². The van der Waals surface area contributed by atoms with Crippen LogP contribution >= 0.6 is 15.9 Å². The van der Waals surface area contributed by atoms with Gasteiger partial charge < -0.3 is 43.8 Å². The second-order valence-corrected chi connectivity index (χ2v) is 42.3. The standard InChI is InChI=1S/C22H23N5O4S.C22H27N3O6S.C14H19N3O5S.C12H15N3O5S.C11H12BrN/c1-32(30,31)22(7-8-22)14-26-9-6-17-18(20(26)28)24-27-11-10-25(21(29)19(17)27)13-16-4-2-15(12-23)3-5-16;1-4-31-21(27)18-17-9-12-24(14-22(10-11-22)32(3,28)29)20(26)19(17)25(23-18)13-15-5-7-16(30-2)8-6-15;1-3-22-13(19)11-9-4-7-17(12(18)10(9)15-16-11)8-14(5-6-14)23(2,20)21;1-21(19,20)12(3-4-12)6-15-5-2-7-8(10(15)16)13-14-9(7)11(17)18;12-8-2-1-3-10-4-6-11(9-13)7-5-10/h2-5H,6-11,13-14H2,1H3;5-8H,4,9-14H2,1-3H3;3-8H2,1-2H3,(H,15,16);2-6H2,1H3,(H,13,14)(H,17,18);4-7H,1-3,8H2. The molecule has 4 aliphatic carbocycles.